The maximum atomic E-state index is 13.5. The Hall–Kier alpha value is -2.36. The normalized spacial score (nSPS) is 10.0. The average Bonchev–Trinajstić information content (AvgIpc) is 2.45. The fourth-order valence-corrected chi connectivity index (χ4v) is 1.64. The molecule has 98 valence electrons. The number of rotatable bonds is 3. The maximum Gasteiger partial charge on any atom is 0.414 e. The number of anilines is 1. The van der Waals surface area contributed by atoms with Gasteiger partial charge in [0.25, 0.3) is 0 Å². The molecule has 0 atom stereocenters. The fourth-order valence-electron chi connectivity index (χ4n) is 1.64. The zero-order chi connectivity index (χ0) is 13.7. The van der Waals surface area contributed by atoms with Crippen molar-refractivity contribution in [2.45, 2.75) is 6.61 Å². The van der Waals surface area contributed by atoms with Gasteiger partial charge in [-0.2, -0.15) is 0 Å². The molecule has 0 fully saturated rings. The van der Waals surface area contributed by atoms with Crippen LogP contribution in [0.25, 0.3) is 0 Å². The summed E-state index contributed by atoms with van der Waals surface area (Å²) in [6.45, 7) is 0.165. The van der Waals surface area contributed by atoms with Crippen molar-refractivity contribution in [3.63, 3.8) is 0 Å². The van der Waals surface area contributed by atoms with Gasteiger partial charge in [0.05, 0.1) is 5.69 Å². The number of hydrogen-bond donors (Lipinski definition) is 0. The minimum absolute atomic E-state index is 0.165. The number of hydrogen-bond acceptors (Lipinski definition) is 2. The Labute approximate surface area is 111 Å². The summed E-state index contributed by atoms with van der Waals surface area (Å²) in [6.07, 6.45) is -0.589. The van der Waals surface area contributed by atoms with Crippen molar-refractivity contribution in [2.75, 3.05) is 11.9 Å². The SMILES string of the molecule is CN(C(=O)OCc1ccccc1)c1ccccc1F. The molecule has 3 nitrogen and oxygen atoms in total. The summed E-state index contributed by atoms with van der Waals surface area (Å²) in [5.74, 6) is -0.457. The van der Waals surface area contributed by atoms with Crippen LogP contribution >= 0.6 is 0 Å². The van der Waals surface area contributed by atoms with E-state index in [9.17, 15) is 9.18 Å². The quantitative estimate of drug-likeness (QED) is 0.842. The lowest BCUT2D eigenvalue weighted by atomic mass is 10.2. The first-order chi connectivity index (χ1) is 9.18. The lowest BCUT2D eigenvalue weighted by Crippen LogP contribution is -2.27. The van der Waals surface area contributed by atoms with E-state index in [0.717, 1.165) is 10.5 Å². The number of para-hydroxylation sites is 1. The van der Waals surface area contributed by atoms with Gasteiger partial charge >= 0.3 is 6.09 Å². The number of nitrogens with zero attached hydrogens (tertiary/aromatic N) is 1. The van der Waals surface area contributed by atoms with Crippen LogP contribution < -0.4 is 4.90 Å². The van der Waals surface area contributed by atoms with E-state index < -0.39 is 11.9 Å². The molecule has 0 unspecified atom stereocenters. The largest absolute Gasteiger partial charge is 0.444 e. The van der Waals surface area contributed by atoms with E-state index in [4.69, 9.17) is 4.74 Å². The highest BCUT2D eigenvalue weighted by Gasteiger charge is 2.15. The third-order valence-corrected chi connectivity index (χ3v) is 2.69. The van der Waals surface area contributed by atoms with Crippen LogP contribution in [-0.4, -0.2) is 13.1 Å². The molecule has 0 aromatic heterocycles. The van der Waals surface area contributed by atoms with Crippen LogP contribution in [-0.2, 0) is 11.3 Å². The van der Waals surface area contributed by atoms with Crippen molar-refractivity contribution >= 4 is 11.8 Å². The Morgan fingerprint density at radius 2 is 1.74 bits per heavy atom. The number of benzene rings is 2. The highest BCUT2D eigenvalue weighted by atomic mass is 19.1. The Bertz CT molecular complexity index is 557. The molecule has 2 aromatic rings. The monoisotopic (exact) mass is 259 g/mol. The predicted molar refractivity (Wildman–Crippen MR) is 71.4 cm³/mol. The standard InChI is InChI=1S/C15H14FNO2/c1-17(14-10-6-5-9-13(14)16)15(18)19-11-12-7-3-2-4-8-12/h2-10H,11H2,1H3. The molecule has 0 aliphatic rings. The second kappa shape index (κ2) is 6.00. The molecule has 19 heavy (non-hydrogen) atoms. The summed E-state index contributed by atoms with van der Waals surface area (Å²) < 4.78 is 18.6. The molecule has 2 aromatic carbocycles. The minimum atomic E-state index is -0.589. The zero-order valence-electron chi connectivity index (χ0n) is 10.5. The van der Waals surface area contributed by atoms with Gasteiger partial charge in [0.15, 0.2) is 0 Å². The molecule has 0 heterocycles. The first kappa shape index (κ1) is 13.1. The van der Waals surface area contributed by atoms with Gasteiger partial charge in [0.2, 0.25) is 0 Å². The van der Waals surface area contributed by atoms with Crippen LogP contribution in [0.1, 0.15) is 5.56 Å². The van der Waals surface area contributed by atoms with E-state index in [-0.39, 0.29) is 12.3 Å². The third-order valence-electron chi connectivity index (χ3n) is 2.69. The van der Waals surface area contributed by atoms with Gasteiger partial charge in [0, 0.05) is 7.05 Å². The Morgan fingerprint density at radius 3 is 2.42 bits per heavy atom. The third kappa shape index (κ3) is 3.31. The first-order valence-electron chi connectivity index (χ1n) is 5.87. The van der Waals surface area contributed by atoms with E-state index >= 15 is 0 Å². The minimum Gasteiger partial charge on any atom is -0.444 e. The second-order valence-corrected chi connectivity index (χ2v) is 4.05. The van der Waals surface area contributed by atoms with Crippen LogP contribution in [0.5, 0.6) is 0 Å². The van der Waals surface area contributed by atoms with Gasteiger partial charge in [-0.25, -0.2) is 9.18 Å². The summed E-state index contributed by atoms with van der Waals surface area (Å²) in [7, 11) is 1.48. The molecule has 0 spiro atoms. The van der Waals surface area contributed by atoms with Crippen molar-refractivity contribution in [3.8, 4) is 0 Å². The van der Waals surface area contributed by atoms with Crippen LogP contribution in [0, 0.1) is 5.82 Å². The highest BCUT2D eigenvalue weighted by molar-refractivity contribution is 5.87. The molecule has 1 amide bonds. The summed E-state index contributed by atoms with van der Waals surface area (Å²) in [5, 5.41) is 0. The smallest absolute Gasteiger partial charge is 0.414 e. The molecule has 0 aliphatic heterocycles. The molecule has 0 saturated carbocycles. The Morgan fingerprint density at radius 1 is 1.11 bits per heavy atom. The second-order valence-electron chi connectivity index (χ2n) is 4.05. The van der Waals surface area contributed by atoms with Gasteiger partial charge in [-0.1, -0.05) is 42.5 Å². The number of halogens is 1. The van der Waals surface area contributed by atoms with Crippen molar-refractivity contribution in [3.05, 3.63) is 66.0 Å². The predicted octanol–water partition coefficient (Wildman–Crippen LogP) is 3.60. The summed E-state index contributed by atoms with van der Waals surface area (Å²) in [4.78, 5) is 13.0. The van der Waals surface area contributed by atoms with Crippen molar-refractivity contribution in [1.82, 2.24) is 0 Å². The van der Waals surface area contributed by atoms with Gasteiger partial charge < -0.3 is 4.74 Å². The van der Waals surface area contributed by atoms with E-state index in [2.05, 4.69) is 0 Å². The molecule has 2 rings (SSSR count). The summed E-state index contributed by atoms with van der Waals surface area (Å²) >= 11 is 0. The topological polar surface area (TPSA) is 29.5 Å². The van der Waals surface area contributed by atoms with Crippen LogP contribution in [0.2, 0.25) is 0 Å². The van der Waals surface area contributed by atoms with Crippen molar-refractivity contribution < 1.29 is 13.9 Å². The van der Waals surface area contributed by atoms with E-state index in [0.29, 0.717) is 0 Å². The van der Waals surface area contributed by atoms with Gasteiger partial charge in [-0.15, -0.1) is 0 Å². The lowest BCUT2D eigenvalue weighted by molar-refractivity contribution is 0.148. The van der Waals surface area contributed by atoms with Gasteiger partial charge in [-0.3, -0.25) is 4.90 Å². The van der Waals surface area contributed by atoms with E-state index in [1.807, 2.05) is 30.3 Å². The highest BCUT2D eigenvalue weighted by Crippen LogP contribution is 2.18. The zero-order valence-corrected chi connectivity index (χ0v) is 10.5. The molecule has 0 saturated heterocycles. The fraction of sp³-hybridized carbons (Fsp3) is 0.133. The van der Waals surface area contributed by atoms with Crippen LogP contribution in [0.15, 0.2) is 54.6 Å². The number of ether oxygens (including phenoxy) is 1. The lowest BCUT2D eigenvalue weighted by Gasteiger charge is -2.17. The molecule has 0 N–H and O–H groups in total. The molecular formula is C15H14FNO2. The Kier molecular flexibility index (Phi) is 4.13. The number of carbonyl (C=O) groups excluding carboxylic acids is 1. The summed E-state index contributed by atoms with van der Waals surface area (Å²) in [6, 6.07) is 15.4. The maximum absolute atomic E-state index is 13.5. The first-order valence-corrected chi connectivity index (χ1v) is 5.87. The van der Waals surface area contributed by atoms with Crippen molar-refractivity contribution in [2.24, 2.45) is 0 Å². The van der Waals surface area contributed by atoms with Gasteiger partial charge in [-0.05, 0) is 17.7 Å². The van der Waals surface area contributed by atoms with Gasteiger partial charge in [0.1, 0.15) is 12.4 Å². The van der Waals surface area contributed by atoms with Crippen molar-refractivity contribution in [1.29, 1.82) is 0 Å². The number of amides is 1. The number of carbonyl (C=O) groups is 1. The van der Waals surface area contributed by atoms with Crippen LogP contribution in [0.3, 0.4) is 0 Å². The molecular weight excluding hydrogens is 245 g/mol. The van der Waals surface area contributed by atoms with E-state index in [1.54, 1.807) is 12.1 Å². The molecule has 0 bridgehead atoms. The molecule has 0 aliphatic carbocycles. The average molecular weight is 259 g/mol. The molecule has 4 heteroatoms. The summed E-state index contributed by atoms with van der Waals surface area (Å²) in [5.41, 5.74) is 1.08. The van der Waals surface area contributed by atoms with Crippen LogP contribution in [0.4, 0.5) is 14.9 Å². The van der Waals surface area contributed by atoms with E-state index in [1.165, 1.54) is 19.2 Å². The molecule has 0 radical (unpaired) electrons. The Balaban J connectivity index is 1.99.